The van der Waals surface area contributed by atoms with Gasteiger partial charge >= 0.3 is 5.97 Å². The molecule has 98 valence electrons. The summed E-state index contributed by atoms with van der Waals surface area (Å²) in [6, 6.07) is 7.66. The Morgan fingerprint density at radius 1 is 1.50 bits per heavy atom. The van der Waals surface area contributed by atoms with Crippen molar-refractivity contribution in [1.82, 2.24) is 0 Å². The Hall–Kier alpha value is -1.35. The van der Waals surface area contributed by atoms with Crippen molar-refractivity contribution in [1.29, 1.82) is 0 Å². The van der Waals surface area contributed by atoms with Crippen LogP contribution in [0.2, 0.25) is 0 Å². The topological polar surface area (TPSA) is 38.8 Å². The lowest BCUT2D eigenvalue weighted by molar-refractivity contribution is 0.0410. The molecule has 0 aromatic heterocycles. The molecule has 0 amide bonds. The summed E-state index contributed by atoms with van der Waals surface area (Å²) < 4.78 is 10.4. The molecule has 0 bridgehead atoms. The standard InChI is InChI=1S/C15H20O3/c1-11(2)7-12-5-4-6-13(8-12)14(16)17-9-15(3)10-18-15/h4-6,8,11H,7,9-10H2,1-3H3. The molecule has 1 atom stereocenters. The molecule has 3 heteroatoms. The van der Waals surface area contributed by atoms with E-state index >= 15 is 0 Å². The van der Waals surface area contributed by atoms with Gasteiger partial charge in [-0.25, -0.2) is 4.79 Å². The number of hydrogen-bond acceptors (Lipinski definition) is 3. The van der Waals surface area contributed by atoms with Gasteiger partial charge in [-0.2, -0.15) is 0 Å². The van der Waals surface area contributed by atoms with Gasteiger partial charge in [0.25, 0.3) is 0 Å². The predicted octanol–water partition coefficient (Wildman–Crippen LogP) is 2.83. The van der Waals surface area contributed by atoms with Gasteiger partial charge in [0.2, 0.25) is 0 Å². The minimum atomic E-state index is -0.266. The van der Waals surface area contributed by atoms with E-state index in [-0.39, 0.29) is 11.6 Å². The number of ether oxygens (including phenoxy) is 2. The smallest absolute Gasteiger partial charge is 0.338 e. The second kappa shape index (κ2) is 5.11. The van der Waals surface area contributed by atoms with Crippen LogP contribution >= 0.6 is 0 Å². The molecule has 18 heavy (non-hydrogen) atoms. The van der Waals surface area contributed by atoms with E-state index in [0.717, 1.165) is 6.42 Å². The molecule has 1 aromatic carbocycles. The van der Waals surface area contributed by atoms with E-state index in [1.165, 1.54) is 5.56 Å². The Bertz CT molecular complexity index is 433. The number of carbonyl (C=O) groups excluding carboxylic acids is 1. The second-order valence-electron chi connectivity index (χ2n) is 5.61. The zero-order valence-corrected chi connectivity index (χ0v) is 11.2. The molecular weight excluding hydrogens is 228 g/mol. The molecule has 3 nitrogen and oxygen atoms in total. The van der Waals surface area contributed by atoms with E-state index in [9.17, 15) is 4.79 Å². The largest absolute Gasteiger partial charge is 0.459 e. The highest BCUT2D eigenvalue weighted by Crippen LogP contribution is 2.26. The number of benzene rings is 1. The van der Waals surface area contributed by atoms with E-state index in [1.54, 1.807) is 6.07 Å². The monoisotopic (exact) mass is 248 g/mol. The van der Waals surface area contributed by atoms with Gasteiger partial charge in [-0.3, -0.25) is 0 Å². The van der Waals surface area contributed by atoms with E-state index in [4.69, 9.17) is 9.47 Å². The Kier molecular flexibility index (Phi) is 3.71. The maximum absolute atomic E-state index is 11.9. The van der Waals surface area contributed by atoms with Crippen molar-refractivity contribution in [2.75, 3.05) is 13.2 Å². The first-order valence-electron chi connectivity index (χ1n) is 6.38. The fraction of sp³-hybridized carbons (Fsp3) is 0.533. The lowest BCUT2D eigenvalue weighted by Crippen LogP contribution is -2.18. The van der Waals surface area contributed by atoms with Gasteiger partial charge < -0.3 is 9.47 Å². The summed E-state index contributed by atoms with van der Waals surface area (Å²) in [5, 5.41) is 0. The Morgan fingerprint density at radius 3 is 2.83 bits per heavy atom. The molecule has 1 fully saturated rings. The van der Waals surface area contributed by atoms with Crippen LogP contribution in [0.15, 0.2) is 24.3 Å². The lowest BCUT2D eigenvalue weighted by atomic mass is 10.0. The quantitative estimate of drug-likeness (QED) is 0.594. The average molecular weight is 248 g/mol. The Balaban J connectivity index is 1.96. The first-order valence-corrected chi connectivity index (χ1v) is 6.38. The molecule has 2 rings (SSSR count). The van der Waals surface area contributed by atoms with Crippen molar-refractivity contribution >= 4 is 5.97 Å². The maximum Gasteiger partial charge on any atom is 0.338 e. The third kappa shape index (κ3) is 3.57. The molecule has 0 spiro atoms. The van der Waals surface area contributed by atoms with Crippen molar-refractivity contribution in [3.63, 3.8) is 0 Å². The maximum atomic E-state index is 11.9. The Labute approximate surface area is 108 Å². The van der Waals surface area contributed by atoms with Crippen LogP contribution in [-0.2, 0) is 15.9 Å². The van der Waals surface area contributed by atoms with Gasteiger partial charge in [0.05, 0.1) is 12.2 Å². The van der Waals surface area contributed by atoms with Gasteiger partial charge in [0.15, 0.2) is 0 Å². The molecule has 1 unspecified atom stereocenters. The third-order valence-electron chi connectivity index (χ3n) is 2.95. The molecule has 1 aromatic rings. The number of hydrogen-bond donors (Lipinski definition) is 0. The first-order chi connectivity index (χ1) is 8.48. The number of carbonyl (C=O) groups is 1. The fourth-order valence-corrected chi connectivity index (χ4v) is 1.80. The van der Waals surface area contributed by atoms with Crippen LogP contribution in [0.5, 0.6) is 0 Å². The Morgan fingerprint density at radius 2 is 2.22 bits per heavy atom. The van der Waals surface area contributed by atoms with Crippen LogP contribution in [0, 0.1) is 5.92 Å². The van der Waals surface area contributed by atoms with Gasteiger partial charge in [0.1, 0.15) is 12.2 Å². The lowest BCUT2D eigenvalue weighted by Gasteiger charge is -2.09. The minimum absolute atomic E-state index is 0.245. The summed E-state index contributed by atoms with van der Waals surface area (Å²) in [5.41, 5.74) is 1.55. The summed E-state index contributed by atoms with van der Waals surface area (Å²) in [7, 11) is 0. The second-order valence-corrected chi connectivity index (χ2v) is 5.61. The molecule has 0 saturated carbocycles. The van der Waals surface area contributed by atoms with Crippen molar-refractivity contribution in [3.8, 4) is 0 Å². The molecule has 0 aliphatic carbocycles. The van der Waals surface area contributed by atoms with Crippen molar-refractivity contribution in [2.45, 2.75) is 32.8 Å². The number of rotatable bonds is 5. The summed E-state index contributed by atoms with van der Waals surface area (Å²) in [4.78, 5) is 11.9. The van der Waals surface area contributed by atoms with Crippen LogP contribution in [-0.4, -0.2) is 24.8 Å². The van der Waals surface area contributed by atoms with Gasteiger partial charge in [-0.1, -0.05) is 26.0 Å². The van der Waals surface area contributed by atoms with Crippen LogP contribution in [0.1, 0.15) is 36.7 Å². The summed E-state index contributed by atoms with van der Waals surface area (Å²) in [6.07, 6.45) is 0.974. The number of epoxide rings is 1. The van der Waals surface area contributed by atoms with Gasteiger partial charge in [-0.05, 0) is 37.0 Å². The van der Waals surface area contributed by atoms with E-state index < -0.39 is 0 Å². The zero-order valence-electron chi connectivity index (χ0n) is 11.2. The SMILES string of the molecule is CC(C)Cc1cccc(C(=O)OCC2(C)CO2)c1. The zero-order chi connectivity index (χ0) is 13.2. The van der Waals surface area contributed by atoms with Gasteiger partial charge in [-0.15, -0.1) is 0 Å². The van der Waals surface area contributed by atoms with E-state index in [1.807, 2.05) is 25.1 Å². The summed E-state index contributed by atoms with van der Waals surface area (Å²) >= 11 is 0. The van der Waals surface area contributed by atoms with Crippen molar-refractivity contribution in [3.05, 3.63) is 35.4 Å². The minimum Gasteiger partial charge on any atom is -0.459 e. The molecule has 1 saturated heterocycles. The van der Waals surface area contributed by atoms with Gasteiger partial charge in [0, 0.05) is 0 Å². The third-order valence-corrected chi connectivity index (χ3v) is 2.95. The highest BCUT2D eigenvalue weighted by Gasteiger charge is 2.40. The molecule has 1 heterocycles. The first kappa shape index (κ1) is 13.1. The van der Waals surface area contributed by atoms with E-state index in [2.05, 4.69) is 13.8 Å². The van der Waals surface area contributed by atoms with Crippen LogP contribution in [0.3, 0.4) is 0 Å². The highest BCUT2D eigenvalue weighted by atomic mass is 16.6. The summed E-state index contributed by atoms with van der Waals surface area (Å²) in [5.74, 6) is 0.312. The molecule has 1 aliphatic rings. The molecule has 0 radical (unpaired) electrons. The highest BCUT2D eigenvalue weighted by molar-refractivity contribution is 5.89. The van der Waals surface area contributed by atoms with Crippen LogP contribution in [0.4, 0.5) is 0 Å². The number of esters is 1. The summed E-state index contributed by atoms with van der Waals surface area (Å²) in [6.45, 7) is 7.27. The molecule has 0 N–H and O–H groups in total. The molecular formula is C15H20O3. The van der Waals surface area contributed by atoms with Crippen LogP contribution in [0.25, 0.3) is 0 Å². The average Bonchev–Trinajstić information content (AvgIpc) is 3.04. The predicted molar refractivity (Wildman–Crippen MR) is 69.6 cm³/mol. The fourth-order valence-electron chi connectivity index (χ4n) is 1.80. The van der Waals surface area contributed by atoms with Crippen LogP contribution < -0.4 is 0 Å². The molecule has 1 aliphatic heterocycles. The normalized spacial score (nSPS) is 22.0. The van der Waals surface area contributed by atoms with E-state index in [0.29, 0.717) is 24.7 Å². The van der Waals surface area contributed by atoms with Crippen molar-refractivity contribution in [2.24, 2.45) is 5.92 Å². The van der Waals surface area contributed by atoms with Crippen molar-refractivity contribution < 1.29 is 14.3 Å².